The quantitative estimate of drug-likeness (QED) is 0.832. The normalized spacial score (nSPS) is 13.8. The Morgan fingerprint density at radius 2 is 2.28 bits per heavy atom. The number of nitrogens with zero attached hydrogens (tertiary/aromatic N) is 1. The van der Waals surface area contributed by atoms with Gasteiger partial charge in [-0.2, -0.15) is 4.98 Å². The predicted molar refractivity (Wildman–Crippen MR) is 68.8 cm³/mol. The Hall–Kier alpha value is -2.10. The van der Waals surface area contributed by atoms with E-state index >= 15 is 0 Å². The highest BCUT2D eigenvalue weighted by Crippen LogP contribution is 2.34. The third-order valence-corrected chi connectivity index (χ3v) is 3.09. The molecule has 1 aliphatic heterocycles. The molecule has 18 heavy (non-hydrogen) atoms. The summed E-state index contributed by atoms with van der Waals surface area (Å²) in [5.41, 5.74) is 3.26. The average molecular weight is 242 g/mol. The first kappa shape index (κ1) is 11.0. The summed E-state index contributed by atoms with van der Waals surface area (Å²) in [6.45, 7) is 2.58. The molecule has 0 radical (unpaired) electrons. The highest BCUT2D eigenvalue weighted by atomic mass is 16.5. The molecule has 0 amide bonds. The number of aromatic amines is 1. The van der Waals surface area contributed by atoms with E-state index in [1.54, 1.807) is 0 Å². The van der Waals surface area contributed by atoms with Gasteiger partial charge in [-0.05, 0) is 37.5 Å². The van der Waals surface area contributed by atoms with E-state index in [9.17, 15) is 4.79 Å². The van der Waals surface area contributed by atoms with E-state index in [-0.39, 0.29) is 5.69 Å². The van der Waals surface area contributed by atoms with Gasteiger partial charge in [0.15, 0.2) is 0 Å². The summed E-state index contributed by atoms with van der Waals surface area (Å²) in [4.78, 5) is 18.1. The summed E-state index contributed by atoms with van der Waals surface area (Å²) in [6, 6.07) is 7.87. The standard InChI is InChI=1S/C14H14N2O2/c1-9-8-12(16-14(17)15-9)11-6-2-4-10-5-3-7-18-13(10)11/h2,4,6,8H,3,5,7H2,1H3,(H,15,16,17). The van der Waals surface area contributed by atoms with E-state index in [1.165, 1.54) is 5.56 Å². The van der Waals surface area contributed by atoms with Gasteiger partial charge in [0, 0.05) is 11.3 Å². The summed E-state index contributed by atoms with van der Waals surface area (Å²) in [6.07, 6.45) is 2.06. The molecule has 1 aromatic heterocycles. The van der Waals surface area contributed by atoms with Crippen LogP contribution in [0.4, 0.5) is 0 Å². The van der Waals surface area contributed by atoms with Crippen LogP contribution in [0.1, 0.15) is 17.7 Å². The summed E-state index contributed by atoms with van der Waals surface area (Å²) >= 11 is 0. The molecule has 4 heteroatoms. The molecule has 1 aromatic carbocycles. The molecule has 0 fully saturated rings. The van der Waals surface area contributed by atoms with Crippen molar-refractivity contribution in [3.05, 3.63) is 46.0 Å². The van der Waals surface area contributed by atoms with E-state index in [1.807, 2.05) is 25.1 Å². The fraction of sp³-hybridized carbons (Fsp3) is 0.286. The van der Waals surface area contributed by atoms with Crippen LogP contribution in [0.15, 0.2) is 29.1 Å². The number of H-pyrrole nitrogens is 1. The van der Waals surface area contributed by atoms with Crippen LogP contribution < -0.4 is 10.4 Å². The zero-order chi connectivity index (χ0) is 12.5. The topological polar surface area (TPSA) is 55.0 Å². The molecular weight excluding hydrogens is 228 g/mol. The first-order valence-electron chi connectivity index (χ1n) is 6.07. The molecule has 0 bridgehead atoms. The molecule has 0 saturated carbocycles. The minimum atomic E-state index is -0.321. The van der Waals surface area contributed by atoms with Crippen molar-refractivity contribution in [3.63, 3.8) is 0 Å². The smallest absolute Gasteiger partial charge is 0.345 e. The molecule has 3 rings (SSSR count). The number of aromatic nitrogens is 2. The number of hydrogen-bond acceptors (Lipinski definition) is 3. The number of benzene rings is 1. The van der Waals surface area contributed by atoms with Gasteiger partial charge in [-0.3, -0.25) is 0 Å². The fourth-order valence-corrected chi connectivity index (χ4v) is 2.31. The lowest BCUT2D eigenvalue weighted by molar-refractivity contribution is 0.289. The Bertz CT molecular complexity index is 646. The van der Waals surface area contributed by atoms with Gasteiger partial charge in [0.25, 0.3) is 0 Å². The number of ether oxygens (including phenoxy) is 1. The third-order valence-electron chi connectivity index (χ3n) is 3.09. The van der Waals surface area contributed by atoms with Crippen molar-refractivity contribution in [1.82, 2.24) is 9.97 Å². The summed E-state index contributed by atoms with van der Waals surface area (Å²) in [5, 5.41) is 0. The van der Waals surface area contributed by atoms with Gasteiger partial charge < -0.3 is 9.72 Å². The van der Waals surface area contributed by atoms with Crippen molar-refractivity contribution in [2.24, 2.45) is 0 Å². The van der Waals surface area contributed by atoms with Crippen molar-refractivity contribution >= 4 is 0 Å². The summed E-state index contributed by atoms with van der Waals surface area (Å²) in [7, 11) is 0. The average Bonchev–Trinajstić information content (AvgIpc) is 2.37. The monoisotopic (exact) mass is 242 g/mol. The van der Waals surface area contributed by atoms with Crippen LogP contribution >= 0.6 is 0 Å². The van der Waals surface area contributed by atoms with Gasteiger partial charge in [-0.25, -0.2) is 4.79 Å². The van der Waals surface area contributed by atoms with E-state index < -0.39 is 0 Å². The lowest BCUT2D eigenvalue weighted by atomic mass is 10.0. The number of fused-ring (bicyclic) bond motifs is 1. The Labute approximate surface area is 105 Å². The maximum Gasteiger partial charge on any atom is 0.345 e. The maximum atomic E-state index is 11.4. The second-order valence-corrected chi connectivity index (χ2v) is 4.50. The van der Waals surface area contributed by atoms with Crippen molar-refractivity contribution < 1.29 is 4.74 Å². The lowest BCUT2D eigenvalue weighted by Gasteiger charge is -2.19. The van der Waals surface area contributed by atoms with E-state index in [0.29, 0.717) is 5.69 Å². The van der Waals surface area contributed by atoms with E-state index in [2.05, 4.69) is 16.0 Å². The van der Waals surface area contributed by atoms with Gasteiger partial charge in [0.1, 0.15) is 5.75 Å². The van der Waals surface area contributed by atoms with Crippen LogP contribution in [0.3, 0.4) is 0 Å². The van der Waals surface area contributed by atoms with Crippen LogP contribution in [0, 0.1) is 6.92 Å². The molecule has 1 N–H and O–H groups in total. The number of rotatable bonds is 1. The van der Waals surface area contributed by atoms with Crippen LogP contribution in [-0.2, 0) is 6.42 Å². The van der Waals surface area contributed by atoms with Crippen LogP contribution in [0.25, 0.3) is 11.3 Å². The van der Waals surface area contributed by atoms with Gasteiger partial charge >= 0.3 is 5.69 Å². The molecule has 0 unspecified atom stereocenters. The van der Waals surface area contributed by atoms with E-state index in [0.717, 1.165) is 36.5 Å². The number of hydrogen-bond donors (Lipinski definition) is 1. The number of nitrogens with one attached hydrogen (secondary N) is 1. The molecule has 0 spiro atoms. The van der Waals surface area contributed by atoms with Gasteiger partial charge in [0.2, 0.25) is 0 Å². The van der Waals surface area contributed by atoms with Crippen molar-refractivity contribution in [2.75, 3.05) is 6.61 Å². The zero-order valence-corrected chi connectivity index (χ0v) is 10.2. The molecule has 0 atom stereocenters. The fourth-order valence-electron chi connectivity index (χ4n) is 2.31. The minimum Gasteiger partial charge on any atom is -0.493 e. The second-order valence-electron chi connectivity index (χ2n) is 4.50. The number of aryl methyl sites for hydroxylation is 2. The molecular formula is C14H14N2O2. The van der Waals surface area contributed by atoms with E-state index in [4.69, 9.17) is 4.74 Å². The van der Waals surface area contributed by atoms with Crippen molar-refractivity contribution in [3.8, 4) is 17.0 Å². The Morgan fingerprint density at radius 1 is 1.39 bits per heavy atom. The minimum absolute atomic E-state index is 0.321. The highest BCUT2D eigenvalue weighted by Gasteiger charge is 2.16. The largest absolute Gasteiger partial charge is 0.493 e. The molecule has 92 valence electrons. The third kappa shape index (κ3) is 1.90. The lowest BCUT2D eigenvalue weighted by Crippen LogP contribution is -2.14. The molecule has 2 heterocycles. The molecule has 2 aromatic rings. The molecule has 0 aliphatic carbocycles. The first-order chi connectivity index (χ1) is 8.74. The Kier molecular flexibility index (Phi) is 2.63. The van der Waals surface area contributed by atoms with Gasteiger partial charge in [-0.15, -0.1) is 0 Å². The Morgan fingerprint density at radius 3 is 3.11 bits per heavy atom. The van der Waals surface area contributed by atoms with Crippen LogP contribution in [0.2, 0.25) is 0 Å². The van der Waals surface area contributed by atoms with Crippen LogP contribution in [-0.4, -0.2) is 16.6 Å². The number of para-hydroxylation sites is 1. The van der Waals surface area contributed by atoms with Crippen LogP contribution in [0.5, 0.6) is 5.75 Å². The van der Waals surface area contributed by atoms with Crippen molar-refractivity contribution in [1.29, 1.82) is 0 Å². The second kappa shape index (κ2) is 4.29. The van der Waals surface area contributed by atoms with Gasteiger partial charge in [0.05, 0.1) is 12.3 Å². The zero-order valence-electron chi connectivity index (χ0n) is 10.2. The maximum absolute atomic E-state index is 11.4. The SMILES string of the molecule is Cc1cc(-c2cccc3c2OCCC3)nc(=O)[nH]1. The predicted octanol–water partition coefficient (Wildman–Crippen LogP) is 2.07. The Balaban J connectivity index is 2.19. The highest BCUT2D eigenvalue weighted by molar-refractivity contribution is 5.69. The summed E-state index contributed by atoms with van der Waals surface area (Å²) in [5.74, 6) is 0.876. The first-order valence-corrected chi connectivity index (χ1v) is 6.07. The van der Waals surface area contributed by atoms with Crippen molar-refractivity contribution in [2.45, 2.75) is 19.8 Å². The van der Waals surface area contributed by atoms with Gasteiger partial charge in [-0.1, -0.05) is 12.1 Å². The molecule has 1 aliphatic rings. The summed E-state index contributed by atoms with van der Waals surface area (Å²) < 4.78 is 5.74. The molecule has 4 nitrogen and oxygen atoms in total. The molecule has 0 saturated heterocycles.